The maximum absolute atomic E-state index is 6.49. The second kappa shape index (κ2) is 8.48. The van der Waals surface area contributed by atoms with Crippen LogP contribution in [0.3, 0.4) is 0 Å². The van der Waals surface area contributed by atoms with Gasteiger partial charge in [-0.2, -0.15) is 0 Å². The molecule has 7 aromatic carbocycles. The van der Waals surface area contributed by atoms with E-state index in [2.05, 4.69) is 103 Å². The molecule has 9 rings (SSSR count). The minimum absolute atomic E-state index is 0.723. The first kappa shape index (κ1) is 22.3. The predicted molar refractivity (Wildman–Crippen MR) is 170 cm³/mol. The highest BCUT2D eigenvalue weighted by Crippen LogP contribution is 2.42. The second-order valence-corrected chi connectivity index (χ2v) is 10.5. The van der Waals surface area contributed by atoms with Crippen LogP contribution in [0, 0.1) is 0 Å². The molecule has 0 saturated carbocycles. The number of benzene rings is 7. The quantitative estimate of drug-likeness (QED) is 0.212. The molecule has 0 atom stereocenters. The van der Waals surface area contributed by atoms with E-state index in [1.165, 1.54) is 26.9 Å². The molecule has 0 radical (unpaired) electrons. The van der Waals surface area contributed by atoms with Crippen molar-refractivity contribution >= 4 is 65.2 Å². The van der Waals surface area contributed by atoms with Crippen molar-refractivity contribution in [2.24, 2.45) is 0 Å². The lowest BCUT2D eigenvalue weighted by atomic mass is 9.92. The molecule has 0 amide bonds. The van der Waals surface area contributed by atoms with E-state index in [4.69, 9.17) is 14.4 Å². The molecule has 2 aromatic heterocycles. The lowest BCUT2D eigenvalue weighted by Gasteiger charge is -2.13. The number of hydrogen-bond donors (Lipinski definition) is 0. The summed E-state index contributed by atoms with van der Waals surface area (Å²) in [5.74, 6) is 0.723. The van der Waals surface area contributed by atoms with Gasteiger partial charge < -0.3 is 4.42 Å². The summed E-state index contributed by atoms with van der Waals surface area (Å²) < 4.78 is 6.49. The number of aromatic nitrogens is 2. The van der Waals surface area contributed by atoms with Crippen LogP contribution in [0.2, 0.25) is 0 Å². The first-order valence-electron chi connectivity index (χ1n) is 13.8. The van der Waals surface area contributed by atoms with Crippen LogP contribution in [-0.4, -0.2) is 9.97 Å². The molecule has 9 aromatic rings. The second-order valence-electron chi connectivity index (χ2n) is 10.5. The SMILES string of the molecule is c1ccc(-c2nc(-c3ccc4c(c3)c3ccccc3c3c4ccc4c5ccccc5oc43)nc3ccccc23)cc1. The number of furan rings is 1. The summed E-state index contributed by atoms with van der Waals surface area (Å²) in [6.07, 6.45) is 0. The molecule has 0 aliphatic carbocycles. The fraction of sp³-hybridized carbons (Fsp3) is 0. The van der Waals surface area contributed by atoms with Crippen LogP contribution in [0.5, 0.6) is 0 Å². The third-order valence-corrected chi connectivity index (χ3v) is 8.25. The molecule has 0 spiro atoms. The van der Waals surface area contributed by atoms with E-state index in [1.54, 1.807) is 0 Å². The molecule has 190 valence electrons. The maximum atomic E-state index is 6.49. The summed E-state index contributed by atoms with van der Waals surface area (Å²) >= 11 is 0. The van der Waals surface area contributed by atoms with Gasteiger partial charge in [0.2, 0.25) is 0 Å². The average molecular weight is 523 g/mol. The van der Waals surface area contributed by atoms with Crippen LogP contribution < -0.4 is 0 Å². The third-order valence-electron chi connectivity index (χ3n) is 8.25. The lowest BCUT2D eigenvalue weighted by Crippen LogP contribution is -1.95. The van der Waals surface area contributed by atoms with Crippen LogP contribution in [0.25, 0.3) is 87.8 Å². The lowest BCUT2D eigenvalue weighted by molar-refractivity contribution is 0.673. The average Bonchev–Trinajstić information content (AvgIpc) is 3.43. The normalized spacial score (nSPS) is 11.9. The van der Waals surface area contributed by atoms with Gasteiger partial charge in [-0.1, -0.05) is 109 Å². The zero-order valence-corrected chi connectivity index (χ0v) is 22.0. The summed E-state index contributed by atoms with van der Waals surface area (Å²) in [6, 6.07) is 46.6. The summed E-state index contributed by atoms with van der Waals surface area (Å²) in [5.41, 5.74) is 5.82. The maximum Gasteiger partial charge on any atom is 0.160 e. The molecule has 0 N–H and O–H groups in total. The summed E-state index contributed by atoms with van der Waals surface area (Å²) in [4.78, 5) is 10.1. The van der Waals surface area contributed by atoms with Crippen molar-refractivity contribution in [3.05, 3.63) is 133 Å². The largest absolute Gasteiger partial charge is 0.455 e. The molecule has 0 unspecified atom stereocenters. The molecule has 0 aliphatic rings. The zero-order chi connectivity index (χ0) is 26.9. The minimum Gasteiger partial charge on any atom is -0.455 e. The Morgan fingerprint density at radius 1 is 0.415 bits per heavy atom. The highest BCUT2D eigenvalue weighted by atomic mass is 16.3. The molecule has 41 heavy (non-hydrogen) atoms. The van der Waals surface area contributed by atoms with Crippen LogP contribution in [0.15, 0.2) is 138 Å². The Kier molecular flexibility index (Phi) is 4.61. The van der Waals surface area contributed by atoms with Gasteiger partial charge >= 0.3 is 0 Å². The van der Waals surface area contributed by atoms with Gasteiger partial charge in [0.1, 0.15) is 11.2 Å². The molecule has 0 bridgehead atoms. The first-order valence-corrected chi connectivity index (χ1v) is 13.8. The van der Waals surface area contributed by atoms with Gasteiger partial charge in [0, 0.05) is 32.7 Å². The Balaban J connectivity index is 1.35. The monoisotopic (exact) mass is 522 g/mol. The number of fused-ring (bicyclic) bond motifs is 11. The van der Waals surface area contributed by atoms with Crippen molar-refractivity contribution in [3.63, 3.8) is 0 Å². The standard InChI is InChI=1S/C38H22N2O/c1-2-10-23(11-3-1)36-31-15-6-8-16-33(31)39-38(40-36)24-18-19-26-29-20-21-30-27-13-7-9-17-34(27)41-37(30)35(29)28-14-5-4-12-25(28)32(26)22-24/h1-22H. The van der Waals surface area contributed by atoms with Gasteiger partial charge in [-0.15, -0.1) is 0 Å². The van der Waals surface area contributed by atoms with Crippen LogP contribution in [0.4, 0.5) is 0 Å². The molecule has 0 fully saturated rings. The van der Waals surface area contributed by atoms with Crippen molar-refractivity contribution in [1.29, 1.82) is 0 Å². The molecular weight excluding hydrogens is 500 g/mol. The highest BCUT2D eigenvalue weighted by Gasteiger charge is 2.17. The fourth-order valence-corrected chi connectivity index (χ4v) is 6.38. The van der Waals surface area contributed by atoms with E-state index in [-0.39, 0.29) is 0 Å². The molecule has 3 nitrogen and oxygen atoms in total. The topological polar surface area (TPSA) is 38.9 Å². The van der Waals surface area contributed by atoms with Crippen molar-refractivity contribution in [3.8, 4) is 22.6 Å². The van der Waals surface area contributed by atoms with E-state index in [9.17, 15) is 0 Å². The highest BCUT2D eigenvalue weighted by molar-refractivity contribution is 6.32. The van der Waals surface area contributed by atoms with Crippen molar-refractivity contribution in [2.45, 2.75) is 0 Å². The Hall–Kier alpha value is -5.54. The number of hydrogen-bond acceptors (Lipinski definition) is 3. The van der Waals surface area contributed by atoms with E-state index < -0.39 is 0 Å². The predicted octanol–water partition coefficient (Wildman–Crippen LogP) is 10.3. The number of rotatable bonds is 2. The van der Waals surface area contributed by atoms with Crippen molar-refractivity contribution < 1.29 is 4.42 Å². The summed E-state index contributed by atoms with van der Waals surface area (Å²) in [5, 5.41) is 10.4. The van der Waals surface area contributed by atoms with E-state index in [0.29, 0.717) is 0 Å². The molecule has 3 heteroatoms. The van der Waals surface area contributed by atoms with Crippen LogP contribution in [-0.2, 0) is 0 Å². The van der Waals surface area contributed by atoms with Gasteiger partial charge in [-0.25, -0.2) is 9.97 Å². The summed E-state index contributed by atoms with van der Waals surface area (Å²) in [6.45, 7) is 0. The zero-order valence-electron chi connectivity index (χ0n) is 22.0. The van der Waals surface area contributed by atoms with E-state index in [1.807, 2.05) is 30.3 Å². The Morgan fingerprint density at radius 3 is 1.93 bits per heavy atom. The molecular formula is C38H22N2O. The smallest absolute Gasteiger partial charge is 0.160 e. The van der Waals surface area contributed by atoms with Gasteiger partial charge in [0.15, 0.2) is 5.82 Å². The molecule has 0 saturated heterocycles. The van der Waals surface area contributed by atoms with Crippen LogP contribution >= 0.6 is 0 Å². The number of para-hydroxylation sites is 2. The van der Waals surface area contributed by atoms with Gasteiger partial charge in [0.05, 0.1) is 11.2 Å². The summed E-state index contributed by atoms with van der Waals surface area (Å²) in [7, 11) is 0. The molecule has 2 heterocycles. The Labute approximate surface area is 235 Å². The van der Waals surface area contributed by atoms with E-state index in [0.717, 1.165) is 60.9 Å². The Bertz CT molecular complexity index is 2450. The Morgan fingerprint density at radius 2 is 1.05 bits per heavy atom. The first-order chi connectivity index (χ1) is 20.3. The van der Waals surface area contributed by atoms with Crippen LogP contribution in [0.1, 0.15) is 0 Å². The number of nitrogens with zero attached hydrogens (tertiary/aromatic N) is 2. The van der Waals surface area contributed by atoms with Crippen molar-refractivity contribution in [1.82, 2.24) is 9.97 Å². The minimum atomic E-state index is 0.723. The van der Waals surface area contributed by atoms with Gasteiger partial charge in [-0.3, -0.25) is 0 Å². The fourth-order valence-electron chi connectivity index (χ4n) is 6.38. The van der Waals surface area contributed by atoms with Crippen molar-refractivity contribution in [2.75, 3.05) is 0 Å². The van der Waals surface area contributed by atoms with E-state index >= 15 is 0 Å². The molecule has 0 aliphatic heterocycles. The van der Waals surface area contributed by atoms with Gasteiger partial charge in [0.25, 0.3) is 0 Å². The van der Waals surface area contributed by atoms with Gasteiger partial charge in [-0.05, 0) is 51.2 Å². The third kappa shape index (κ3) is 3.26.